The van der Waals surface area contributed by atoms with Crippen LogP contribution in [0.25, 0.3) is 0 Å². The molecule has 0 unspecified atom stereocenters. The van der Waals surface area contributed by atoms with Gasteiger partial charge in [-0.2, -0.15) is 0 Å². The number of Topliss-reactive ketones (excluding diaryl/α,β-unsaturated/α-hetero) is 1. The predicted molar refractivity (Wildman–Crippen MR) is 72.6 cm³/mol. The molecule has 5 heteroatoms. The number of carbonyl (C=O) groups excluding carboxylic acids is 1. The normalized spacial score (nSPS) is 10.7. The number of ketones is 1. The SMILES string of the molecule is CCCn1ccnc1CC(=O)c1csc(Br)c1. The maximum Gasteiger partial charge on any atom is 0.171 e. The number of nitrogens with zero attached hydrogens (tertiary/aromatic N) is 2. The Kier molecular flexibility index (Phi) is 4.12. The van der Waals surface area contributed by atoms with Gasteiger partial charge in [-0.05, 0) is 28.4 Å². The van der Waals surface area contributed by atoms with E-state index in [1.165, 1.54) is 11.3 Å². The molecule has 0 aliphatic heterocycles. The van der Waals surface area contributed by atoms with Crippen molar-refractivity contribution in [1.29, 1.82) is 0 Å². The van der Waals surface area contributed by atoms with Crippen molar-refractivity contribution in [2.75, 3.05) is 0 Å². The summed E-state index contributed by atoms with van der Waals surface area (Å²) in [5.41, 5.74) is 0.757. The van der Waals surface area contributed by atoms with E-state index < -0.39 is 0 Å². The molecule has 0 N–H and O–H groups in total. The lowest BCUT2D eigenvalue weighted by Crippen LogP contribution is -2.09. The van der Waals surface area contributed by atoms with Crippen molar-refractivity contribution < 1.29 is 4.79 Å². The van der Waals surface area contributed by atoms with Crippen molar-refractivity contribution >= 4 is 33.0 Å². The Balaban J connectivity index is 2.10. The van der Waals surface area contributed by atoms with Gasteiger partial charge in [0.15, 0.2) is 5.78 Å². The molecule has 0 bridgehead atoms. The van der Waals surface area contributed by atoms with Gasteiger partial charge >= 0.3 is 0 Å². The van der Waals surface area contributed by atoms with E-state index in [0.29, 0.717) is 6.42 Å². The second kappa shape index (κ2) is 5.60. The molecule has 2 heterocycles. The summed E-state index contributed by atoms with van der Waals surface area (Å²) in [7, 11) is 0. The zero-order chi connectivity index (χ0) is 12.3. The number of aryl methyl sites for hydroxylation is 1. The van der Waals surface area contributed by atoms with Crippen LogP contribution >= 0.6 is 27.3 Å². The molecule has 0 spiro atoms. The lowest BCUT2D eigenvalue weighted by molar-refractivity contribution is 0.0990. The number of aromatic nitrogens is 2. The minimum Gasteiger partial charge on any atom is -0.335 e. The van der Waals surface area contributed by atoms with Crippen molar-refractivity contribution in [2.24, 2.45) is 0 Å². The van der Waals surface area contributed by atoms with Crippen molar-refractivity contribution in [1.82, 2.24) is 9.55 Å². The van der Waals surface area contributed by atoms with Gasteiger partial charge < -0.3 is 4.57 Å². The summed E-state index contributed by atoms with van der Waals surface area (Å²) in [6, 6.07) is 1.86. The molecule has 0 aliphatic carbocycles. The smallest absolute Gasteiger partial charge is 0.171 e. The first-order chi connectivity index (χ1) is 8.20. The van der Waals surface area contributed by atoms with Crippen LogP contribution in [-0.2, 0) is 13.0 Å². The molecule has 0 saturated heterocycles. The summed E-state index contributed by atoms with van der Waals surface area (Å²) in [6.07, 6.45) is 5.09. The Morgan fingerprint density at radius 3 is 3.06 bits per heavy atom. The maximum atomic E-state index is 12.0. The summed E-state index contributed by atoms with van der Waals surface area (Å²) >= 11 is 4.89. The monoisotopic (exact) mass is 312 g/mol. The van der Waals surface area contributed by atoms with Gasteiger partial charge in [0, 0.05) is 29.9 Å². The van der Waals surface area contributed by atoms with E-state index in [2.05, 4.69) is 27.8 Å². The van der Waals surface area contributed by atoms with Gasteiger partial charge in [0.05, 0.1) is 10.2 Å². The predicted octanol–water partition coefficient (Wildman–Crippen LogP) is 3.54. The van der Waals surface area contributed by atoms with Gasteiger partial charge in [-0.3, -0.25) is 4.79 Å². The number of halogens is 1. The van der Waals surface area contributed by atoms with Crippen LogP contribution in [0, 0.1) is 0 Å². The van der Waals surface area contributed by atoms with Crippen LogP contribution in [0.15, 0.2) is 27.6 Å². The molecule has 3 nitrogen and oxygen atoms in total. The third-order valence-electron chi connectivity index (χ3n) is 2.47. The molecular weight excluding hydrogens is 300 g/mol. The highest BCUT2D eigenvalue weighted by Crippen LogP contribution is 2.21. The molecule has 0 fully saturated rings. The lowest BCUT2D eigenvalue weighted by Gasteiger charge is -2.04. The summed E-state index contributed by atoms with van der Waals surface area (Å²) in [6.45, 7) is 3.03. The molecule has 0 atom stereocenters. The number of thiophene rings is 1. The maximum absolute atomic E-state index is 12.0. The average molecular weight is 313 g/mol. The van der Waals surface area contributed by atoms with Gasteiger partial charge in [-0.15, -0.1) is 11.3 Å². The van der Waals surface area contributed by atoms with E-state index in [1.807, 2.05) is 22.2 Å². The molecule has 2 aromatic rings. The molecule has 2 aromatic heterocycles. The first-order valence-corrected chi connectivity index (χ1v) is 7.15. The van der Waals surface area contributed by atoms with Crippen molar-refractivity contribution in [3.8, 4) is 0 Å². The second-order valence-corrected chi connectivity index (χ2v) is 6.07. The van der Waals surface area contributed by atoms with Crippen LogP contribution in [0.1, 0.15) is 29.5 Å². The third kappa shape index (κ3) is 3.04. The van der Waals surface area contributed by atoms with E-state index >= 15 is 0 Å². The zero-order valence-corrected chi connectivity index (χ0v) is 11.9. The summed E-state index contributed by atoms with van der Waals surface area (Å²) < 4.78 is 3.03. The van der Waals surface area contributed by atoms with Gasteiger partial charge in [0.1, 0.15) is 5.82 Å². The first kappa shape index (κ1) is 12.5. The molecule has 90 valence electrons. The minimum atomic E-state index is 0.121. The standard InChI is InChI=1S/C12H13BrN2OS/c1-2-4-15-5-3-14-12(15)7-10(16)9-6-11(13)17-8-9/h3,5-6,8H,2,4,7H2,1H3. The van der Waals surface area contributed by atoms with Crippen LogP contribution in [-0.4, -0.2) is 15.3 Å². The molecule has 2 rings (SSSR count). The Bertz CT molecular complexity index is 518. The average Bonchev–Trinajstić information content (AvgIpc) is 2.89. The summed E-state index contributed by atoms with van der Waals surface area (Å²) in [5.74, 6) is 0.967. The molecule has 0 aliphatic rings. The number of rotatable bonds is 5. The Morgan fingerprint density at radius 1 is 1.59 bits per heavy atom. The quantitative estimate of drug-likeness (QED) is 0.791. The number of imidazole rings is 1. The van der Waals surface area contributed by atoms with Crippen LogP contribution < -0.4 is 0 Å². The highest BCUT2D eigenvalue weighted by Gasteiger charge is 2.12. The fourth-order valence-electron chi connectivity index (χ4n) is 1.65. The van der Waals surface area contributed by atoms with Crippen molar-refractivity contribution in [2.45, 2.75) is 26.3 Å². The fourth-order valence-corrected chi connectivity index (χ4v) is 2.81. The zero-order valence-electron chi connectivity index (χ0n) is 9.52. The lowest BCUT2D eigenvalue weighted by atomic mass is 10.1. The Hall–Kier alpha value is -0.940. The van der Waals surface area contributed by atoms with E-state index in [9.17, 15) is 4.79 Å². The second-order valence-electron chi connectivity index (χ2n) is 3.78. The topological polar surface area (TPSA) is 34.9 Å². The number of hydrogen-bond donors (Lipinski definition) is 0. The van der Waals surface area contributed by atoms with Gasteiger partial charge in [-0.1, -0.05) is 6.92 Å². The van der Waals surface area contributed by atoms with E-state index in [0.717, 1.165) is 28.1 Å². The minimum absolute atomic E-state index is 0.121. The molecule has 0 amide bonds. The number of hydrogen-bond acceptors (Lipinski definition) is 3. The van der Waals surface area contributed by atoms with E-state index in [1.54, 1.807) is 6.20 Å². The molecule has 0 saturated carbocycles. The van der Waals surface area contributed by atoms with Gasteiger partial charge in [0.25, 0.3) is 0 Å². The van der Waals surface area contributed by atoms with Crippen molar-refractivity contribution in [3.63, 3.8) is 0 Å². The van der Waals surface area contributed by atoms with Crippen LogP contribution in [0.2, 0.25) is 0 Å². The molecule has 0 aromatic carbocycles. The van der Waals surface area contributed by atoms with Crippen LogP contribution in [0.3, 0.4) is 0 Å². The highest BCUT2D eigenvalue weighted by molar-refractivity contribution is 9.11. The third-order valence-corrected chi connectivity index (χ3v) is 3.98. The Labute approximate surface area is 113 Å². The van der Waals surface area contributed by atoms with Crippen LogP contribution in [0.5, 0.6) is 0 Å². The van der Waals surface area contributed by atoms with Crippen molar-refractivity contribution in [3.05, 3.63) is 39.0 Å². The summed E-state index contributed by atoms with van der Waals surface area (Å²) in [4.78, 5) is 16.3. The van der Waals surface area contributed by atoms with Gasteiger partial charge in [-0.25, -0.2) is 4.98 Å². The molecule has 0 radical (unpaired) electrons. The number of carbonyl (C=O) groups is 1. The first-order valence-electron chi connectivity index (χ1n) is 5.48. The highest BCUT2D eigenvalue weighted by atomic mass is 79.9. The van der Waals surface area contributed by atoms with E-state index in [4.69, 9.17) is 0 Å². The van der Waals surface area contributed by atoms with Gasteiger partial charge in [0.2, 0.25) is 0 Å². The van der Waals surface area contributed by atoms with Crippen LogP contribution in [0.4, 0.5) is 0 Å². The largest absolute Gasteiger partial charge is 0.335 e. The fraction of sp³-hybridized carbons (Fsp3) is 0.333. The molecular formula is C12H13BrN2OS. The Morgan fingerprint density at radius 2 is 2.41 bits per heavy atom. The molecule has 17 heavy (non-hydrogen) atoms. The van der Waals surface area contributed by atoms with E-state index in [-0.39, 0.29) is 5.78 Å². The summed E-state index contributed by atoms with van der Waals surface area (Å²) in [5, 5.41) is 1.87.